The third-order valence-electron chi connectivity index (χ3n) is 7.47. The van der Waals surface area contributed by atoms with E-state index >= 15 is 8.78 Å². The molecule has 1 aliphatic heterocycles. The maximum Gasteiger partial charge on any atom is 0.407 e. The van der Waals surface area contributed by atoms with Gasteiger partial charge in [-0.2, -0.15) is 0 Å². The van der Waals surface area contributed by atoms with Crippen LogP contribution in [0.15, 0.2) is 38.5 Å². The number of aliphatic imine (C=N–C) groups is 1. The van der Waals surface area contributed by atoms with Gasteiger partial charge in [0.25, 0.3) is 5.79 Å². The Balaban J connectivity index is 1.99. The third kappa shape index (κ3) is 5.33. The number of amides is 1. The number of aryl methyl sites for hydroxylation is 1. The molecule has 1 unspecified atom stereocenters. The predicted molar refractivity (Wildman–Crippen MR) is 155 cm³/mol. The first-order chi connectivity index (χ1) is 18.0. The minimum Gasteiger partial charge on any atom is -0.447 e. The van der Waals surface area contributed by atoms with Crippen LogP contribution in [0, 0.1) is 24.1 Å². The molecule has 0 radical (unpaired) electrons. The molecule has 1 saturated carbocycles. The van der Waals surface area contributed by atoms with Crippen molar-refractivity contribution in [3.63, 3.8) is 0 Å². The smallest absolute Gasteiger partial charge is 0.407 e. The van der Waals surface area contributed by atoms with Gasteiger partial charge < -0.3 is 19.6 Å². The number of halogens is 3. The summed E-state index contributed by atoms with van der Waals surface area (Å²) in [5.74, 6) is -2.24. The molecule has 214 valence electrons. The lowest BCUT2D eigenvalue weighted by Crippen LogP contribution is -2.58. The number of benzene rings is 1. The minimum atomic E-state index is -1.76. The number of fused-ring (bicyclic) bond motifs is 1. The van der Waals surface area contributed by atoms with Gasteiger partial charge in [-0.05, 0) is 37.6 Å². The highest BCUT2D eigenvalue weighted by Gasteiger charge is 2.73. The maximum atomic E-state index is 15.5. The van der Waals surface area contributed by atoms with Gasteiger partial charge in [-0.25, -0.2) is 18.6 Å². The Hall–Kier alpha value is -1.76. The molecule has 2 N–H and O–H groups in total. The molecule has 7 nitrogen and oxygen atoms in total. The molecular weight excluding hydrogens is 608 g/mol. The van der Waals surface area contributed by atoms with Gasteiger partial charge in [-0.15, -0.1) is 0 Å². The Morgan fingerprint density at radius 1 is 1.33 bits per heavy atom. The summed E-state index contributed by atoms with van der Waals surface area (Å²) in [5, 5.41) is 0.214. The van der Waals surface area contributed by atoms with E-state index in [1.165, 1.54) is 24.2 Å². The van der Waals surface area contributed by atoms with Crippen LogP contribution in [0.5, 0.6) is 0 Å². The number of oxazole rings is 1. The molecule has 1 aromatic carbocycles. The lowest BCUT2D eigenvalue weighted by molar-refractivity contribution is -0.203. The zero-order chi connectivity index (χ0) is 29.0. The highest BCUT2D eigenvalue weighted by molar-refractivity contribution is 9.10. The zero-order valence-corrected chi connectivity index (χ0v) is 26.8. The van der Waals surface area contributed by atoms with Gasteiger partial charge in [-0.3, -0.25) is 4.99 Å². The van der Waals surface area contributed by atoms with Gasteiger partial charge in [0.15, 0.2) is 6.39 Å². The first kappa shape index (κ1) is 30.2. The van der Waals surface area contributed by atoms with Crippen molar-refractivity contribution in [3.05, 3.63) is 51.9 Å². The largest absolute Gasteiger partial charge is 0.447 e. The van der Waals surface area contributed by atoms with Gasteiger partial charge in [0.05, 0.1) is 10.4 Å². The highest BCUT2D eigenvalue weighted by Crippen LogP contribution is 2.73. The van der Waals surface area contributed by atoms with Crippen molar-refractivity contribution in [2.24, 2.45) is 22.1 Å². The third-order valence-corrected chi connectivity index (χ3v) is 11.2. The second-order valence-electron chi connectivity index (χ2n) is 12.6. The molecule has 4 atom stereocenters. The molecule has 4 rings (SSSR count). The number of carbonyl (C=O) groups is 1. The molecule has 2 aliphatic rings. The summed E-state index contributed by atoms with van der Waals surface area (Å²) in [5.41, 5.74) is 3.86. The molecule has 0 spiro atoms. The molecule has 2 aromatic rings. The molecule has 2 heterocycles. The molecular formula is C27H36BrF2N3O4SSi. The van der Waals surface area contributed by atoms with Crippen molar-refractivity contribution < 1.29 is 27.5 Å². The molecule has 1 amide bonds. The number of nitrogens with zero attached hydrogens (tertiary/aromatic N) is 2. The Morgan fingerprint density at radius 3 is 2.56 bits per heavy atom. The number of rotatable bonds is 9. The predicted octanol–water partition coefficient (Wildman–Crippen LogP) is 7.30. The van der Waals surface area contributed by atoms with Gasteiger partial charge in [0, 0.05) is 36.0 Å². The van der Waals surface area contributed by atoms with Gasteiger partial charge >= 0.3 is 6.09 Å². The van der Waals surface area contributed by atoms with E-state index in [0.29, 0.717) is 22.3 Å². The van der Waals surface area contributed by atoms with Crippen molar-refractivity contribution in [2.45, 2.75) is 75.9 Å². The number of nitrogens with two attached hydrogens (primary N) is 1. The second-order valence-corrected chi connectivity index (χ2v) is 20.4. The van der Waals surface area contributed by atoms with Crippen LogP contribution in [-0.2, 0) is 19.8 Å². The fraction of sp³-hybridized carbons (Fsp3) is 0.593. The fourth-order valence-electron chi connectivity index (χ4n) is 5.25. The van der Waals surface area contributed by atoms with Gasteiger partial charge in [-0.1, -0.05) is 68.1 Å². The van der Waals surface area contributed by atoms with Crippen LogP contribution in [0.1, 0.15) is 44.2 Å². The van der Waals surface area contributed by atoms with Gasteiger partial charge in [0.1, 0.15) is 28.8 Å². The monoisotopic (exact) mass is 643 g/mol. The molecule has 1 aliphatic carbocycles. The summed E-state index contributed by atoms with van der Waals surface area (Å²) in [7, 11) is -1.56. The Bertz CT molecular complexity index is 1300. The van der Waals surface area contributed by atoms with Crippen molar-refractivity contribution in [3.8, 4) is 0 Å². The van der Waals surface area contributed by atoms with E-state index < -0.39 is 54.1 Å². The first-order valence-corrected chi connectivity index (χ1v) is 18.2. The van der Waals surface area contributed by atoms with E-state index in [1.54, 1.807) is 12.1 Å². The quantitative estimate of drug-likeness (QED) is 0.227. The number of thioether (sulfide) groups is 1. The lowest BCUT2D eigenvalue weighted by Gasteiger charge is -2.47. The van der Waals surface area contributed by atoms with Crippen LogP contribution >= 0.6 is 27.7 Å². The van der Waals surface area contributed by atoms with Crippen molar-refractivity contribution in [1.29, 1.82) is 0 Å². The van der Waals surface area contributed by atoms with Crippen LogP contribution in [0.2, 0.25) is 25.7 Å². The molecule has 1 fully saturated rings. The Labute approximate surface area is 241 Å². The van der Waals surface area contributed by atoms with Crippen molar-refractivity contribution >= 4 is 46.9 Å². The summed E-state index contributed by atoms with van der Waals surface area (Å²) in [6.07, 6.45) is 0.741. The number of aromatic nitrogens is 1. The first-order valence-electron chi connectivity index (χ1n) is 12.9. The second kappa shape index (κ2) is 10.3. The summed E-state index contributed by atoms with van der Waals surface area (Å²) >= 11 is 4.71. The zero-order valence-electron chi connectivity index (χ0n) is 23.4. The molecule has 0 bridgehead atoms. The van der Waals surface area contributed by atoms with Crippen LogP contribution in [0.4, 0.5) is 13.6 Å². The van der Waals surface area contributed by atoms with Gasteiger partial charge in [0.2, 0.25) is 0 Å². The number of ether oxygens (including phenoxy) is 2. The van der Waals surface area contributed by atoms with E-state index in [2.05, 4.69) is 40.6 Å². The van der Waals surface area contributed by atoms with E-state index in [0.717, 1.165) is 6.04 Å². The van der Waals surface area contributed by atoms with Crippen molar-refractivity contribution in [2.75, 3.05) is 13.3 Å². The standard InChI is InChI=1S/C27H36BrF2N3O4SSi/c1-16-21(35-15-32-16)26-13-20(26)25(14-29,18-12-17(28)8-9-19(18)30)33-22(38-26)27(24(2,3)4,37-23(31)34)36-10-11-39(5,6)7/h8-9,12,15,20H,10-11,13-14H2,1-7H3,(H2,31,34)/t20-,25+,26-,27?/m0/s1. The fourth-order valence-corrected chi connectivity index (χ4v) is 8.30. The summed E-state index contributed by atoms with van der Waals surface area (Å²) < 4.78 is 49.0. The minimum absolute atomic E-state index is 0.102. The Kier molecular flexibility index (Phi) is 7.94. The molecule has 12 heteroatoms. The van der Waals surface area contributed by atoms with E-state index in [-0.39, 0.29) is 17.2 Å². The SMILES string of the molecule is Cc1ncoc1[C@]12C[C@H]1[C@@](CF)(c1cc(Br)ccc1F)N=C(C(OCC[Si](C)(C)C)(OC(N)=O)C(C)(C)C)S2. The highest BCUT2D eigenvalue weighted by atomic mass is 79.9. The molecule has 0 saturated heterocycles. The van der Waals surface area contributed by atoms with Crippen LogP contribution in [-0.4, -0.2) is 43.3 Å². The van der Waals surface area contributed by atoms with E-state index in [9.17, 15) is 4.79 Å². The van der Waals surface area contributed by atoms with E-state index in [1.807, 2.05) is 27.7 Å². The summed E-state index contributed by atoms with van der Waals surface area (Å²) in [4.78, 5) is 21.6. The van der Waals surface area contributed by atoms with Crippen molar-refractivity contribution in [1.82, 2.24) is 4.98 Å². The van der Waals surface area contributed by atoms with E-state index in [4.69, 9.17) is 24.6 Å². The summed E-state index contributed by atoms with van der Waals surface area (Å²) in [6.45, 7) is 13.2. The Morgan fingerprint density at radius 2 is 2.03 bits per heavy atom. The number of hydrogen-bond donors (Lipinski definition) is 1. The lowest BCUT2D eigenvalue weighted by atomic mass is 9.82. The summed E-state index contributed by atoms with van der Waals surface area (Å²) in [6, 6.07) is 5.18. The topological polar surface area (TPSA) is 99.9 Å². The van der Waals surface area contributed by atoms with Crippen LogP contribution in [0.3, 0.4) is 0 Å². The maximum absolute atomic E-state index is 15.5. The number of primary amides is 1. The number of hydrogen-bond acceptors (Lipinski definition) is 7. The molecule has 39 heavy (non-hydrogen) atoms. The van der Waals surface area contributed by atoms with Crippen LogP contribution < -0.4 is 5.73 Å². The number of carbonyl (C=O) groups excluding carboxylic acids is 1. The average Bonchev–Trinajstić information content (AvgIpc) is 3.41. The normalized spacial score (nSPS) is 26.4. The number of alkyl halides is 1. The van der Waals surface area contributed by atoms with Crippen LogP contribution in [0.25, 0.3) is 0 Å². The average molecular weight is 645 g/mol. The molecule has 1 aromatic heterocycles.